The van der Waals surface area contributed by atoms with E-state index in [0.717, 1.165) is 91.3 Å². The van der Waals surface area contributed by atoms with Crippen LogP contribution < -0.4 is 19.9 Å². The fourth-order valence-electron chi connectivity index (χ4n) is 6.23. The Labute approximate surface area is 255 Å². The third-order valence-electron chi connectivity index (χ3n) is 8.41. The number of alkyl halides is 3. The summed E-state index contributed by atoms with van der Waals surface area (Å²) in [6.07, 6.45) is -1.20. The van der Waals surface area contributed by atoms with Gasteiger partial charge in [-0.3, -0.25) is 9.80 Å². The number of ether oxygens (including phenoxy) is 3. The lowest BCUT2D eigenvalue weighted by Gasteiger charge is -2.35. The second kappa shape index (κ2) is 13.1. The number of piperazine rings is 1. The second-order valence-electron chi connectivity index (χ2n) is 11.5. The lowest BCUT2D eigenvalue weighted by molar-refractivity contribution is -0.274. The zero-order chi connectivity index (χ0) is 30.7. The minimum Gasteiger partial charge on any atom is -0.486 e. The van der Waals surface area contributed by atoms with Crippen LogP contribution >= 0.6 is 0 Å². The summed E-state index contributed by atoms with van der Waals surface area (Å²) in [5, 5.41) is 1.09. The lowest BCUT2D eigenvalue weighted by Crippen LogP contribution is -2.45. The van der Waals surface area contributed by atoms with E-state index in [2.05, 4.69) is 55.6 Å². The summed E-state index contributed by atoms with van der Waals surface area (Å²) in [6, 6.07) is 17.5. The van der Waals surface area contributed by atoms with E-state index in [-0.39, 0.29) is 5.75 Å². The van der Waals surface area contributed by atoms with Gasteiger partial charge in [0.15, 0.2) is 11.5 Å². The van der Waals surface area contributed by atoms with Gasteiger partial charge in [-0.25, -0.2) is 0 Å². The molecule has 1 aromatic heterocycles. The Hall–Kier alpha value is -3.73. The van der Waals surface area contributed by atoms with Crippen LogP contribution in [-0.4, -0.2) is 66.7 Å². The molecule has 1 fully saturated rings. The fourth-order valence-corrected chi connectivity index (χ4v) is 6.23. The Balaban J connectivity index is 1.18. The van der Waals surface area contributed by atoms with Crippen LogP contribution in [0.2, 0.25) is 0 Å². The van der Waals surface area contributed by atoms with Gasteiger partial charge >= 0.3 is 6.36 Å². The molecule has 0 aliphatic carbocycles. The molecule has 2 aliphatic heterocycles. The number of benzene rings is 3. The van der Waals surface area contributed by atoms with Crippen LogP contribution in [0.25, 0.3) is 22.0 Å². The van der Waals surface area contributed by atoms with E-state index in [9.17, 15) is 13.2 Å². The minimum atomic E-state index is -4.73. The van der Waals surface area contributed by atoms with Crippen molar-refractivity contribution in [2.45, 2.75) is 45.8 Å². The summed E-state index contributed by atoms with van der Waals surface area (Å²) in [4.78, 5) is 4.95. The molecule has 2 N–H and O–H groups in total. The molecule has 1 saturated heterocycles. The lowest BCUT2D eigenvalue weighted by atomic mass is 9.96. The van der Waals surface area contributed by atoms with Crippen molar-refractivity contribution in [3.8, 4) is 28.4 Å². The first-order chi connectivity index (χ1) is 21.3. The van der Waals surface area contributed by atoms with Gasteiger partial charge in [-0.2, -0.15) is 0 Å². The molecule has 0 saturated carbocycles. The summed E-state index contributed by atoms with van der Waals surface area (Å²) < 4.78 is 56.5. The standard InChI is InChI=1S/C34H39F3N4O3/c1-2-26-20-27(44-34(35,36)37)6-7-28(26)30-23-41(11-3-10-38)31-8-4-24(18-29(30)31)21-39-12-14-40(15-13-39)22-25-5-9-32-33(19-25)43-17-16-42-32/h4-9,18-20,23H,2-3,10-17,21-22,38H2,1H3. The first kappa shape index (κ1) is 30.3. The molecule has 2 aliphatic rings. The number of rotatable bonds is 10. The summed E-state index contributed by atoms with van der Waals surface area (Å²) in [5.41, 5.74) is 12.1. The molecular formula is C34H39F3N4O3. The van der Waals surface area contributed by atoms with Crippen LogP contribution in [0.4, 0.5) is 13.2 Å². The minimum absolute atomic E-state index is 0.196. The molecule has 234 valence electrons. The predicted octanol–water partition coefficient (Wildman–Crippen LogP) is 6.21. The molecule has 3 aromatic carbocycles. The maximum atomic E-state index is 12.9. The average Bonchev–Trinajstić information content (AvgIpc) is 3.37. The summed E-state index contributed by atoms with van der Waals surface area (Å²) in [7, 11) is 0. The molecule has 4 aromatic rings. The molecular weight excluding hydrogens is 569 g/mol. The van der Waals surface area contributed by atoms with E-state index in [4.69, 9.17) is 15.2 Å². The molecule has 0 amide bonds. The van der Waals surface area contributed by atoms with E-state index < -0.39 is 6.36 Å². The molecule has 7 nitrogen and oxygen atoms in total. The monoisotopic (exact) mass is 608 g/mol. The van der Waals surface area contributed by atoms with E-state index in [1.54, 1.807) is 6.07 Å². The van der Waals surface area contributed by atoms with Crippen LogP contribution in [0.3, 0.4) is 0 Å². The number of fused-ring (bicyclic) bond motifs is 2. The van der Waals surface area contributed by atoms with Crippen LogP contribution in [0.1, 0.15) is 30.0 Å². The van der Waals surface area contributed by atoms with Crippen LogP contribution in [0.5, 0.6) is 17.2 Å². The molecule has 0 spiro atoms. The fraction of sp³-hybridized carbons (Fsp3) is 0.412. The van der Waals surface area contributed by atoms with Crippen molar-refractivity contribution in [1.82, 2.24) is 14.4 Å². The van der Waals surface area contributed by atoms with Gasteiger partial charge in [-0.05, 0) is 78.0 Å². The molecule has 0 atom stereocenters. The summed E-state index contributed by atoms with van der Waals surface area (Å²) in [5.74, 6) is 1.45. The average molecular weight is 609 g/mol. The highest BCUT2D eigenvalue weighted by Gasteiger charge is 2.31. The smallest absolute Gasteiger partial charge is 0.486 e. The molecule has 6 rings (SSSR count). The van der Waals surface area contributed by atoms with Gasteiger partial charge in [0.1, 0.15) is 19.0 Å². The van der Waals surface area contributed by atoms with Crippen LogP contribution in [0.15, 0.2) is 60.8 Å². The number of hydrogen-bond donors (Lipinski definition) is 1. The number of nitrogens with two attached hydrogens (primary N) is 1. The van der Waals surface area contributed by atoms with Crippen molar-refractivity contribution >= 4 is 10.9 Å². The molecule has 0 bridgehead atoms. The normalized spacial score (nSPS) is 16.0. The molecule has 10 heteroatoms. The Morgan fingerprint density at radius 1 is 0.818 bits per heavy atom. The highest BCUT2D eigenvalue weighted by atomic mass is 19.4. The summed E-state index contributed by atoms with van der Waals surface area (Å²) in [6.45, 7) is 10.1. The van der Waals surface area contributed by atoms with Gasteiger partial charge in [0.2, 0.25) is 0 Å². The third kappa shape index (κ3) is 6.98. The maximum absolute atomic E-state index is 12.9. The van der Waals surface area contributed by atoms with Gasteiger partial charge < -0.3 is 24.5 Å². The topological polar surface area (TPSA) is 65.1 Å². The number of aryl methyl sites for hydroxylation is 2. The van der Waals surface area contributed by atoms with Gasteiger partial charge in [0, 0.05) is 68.5 Å². The Kier molecular flexibility index (Phi) is 9.02. The Morgan fingerprint density at radius 3 is 2.18 bits per heavy atom. The van der Waals surface area contributed by atoms with Crippen molar-refractivity contribution < 1.29 is 27.4 Å². The molecule has 44 heavy (non-hydrogen) atoms. The van der Waals surface area contributed by atoms with Gasteiger partial charge in [0.25, 0.3) is 0 Å². The van der Waals surface area contributed by atoms with E-state index >= 15 is 0 Å². The van der Waals surface area contributed by atoms with Crippen molar-refractivity contribution in [3.05, 3.63) is 77.5 Å². The van der Waals surface area contributed by atoms with E-state index in [1.165, 1.54) is 23.3 Å². The second-order valence-corrected chi connectivity index (χ2v) is 11.5. The van der Waals surface area contributed by atoms with Gasteiger partial charge in [-0.1, -0.05) is 25.1 Å². The van der Waals surface area contributed by atoms with Gasteiger partial charge in [-0.15, -0.1) is 13.2 Å². The first-order valence-electron chi connectivity index (χ1n) is 15.3. The predicted molar refractivity (Wildman–Crippen MR) is 165 cm³/mol. The highest BCUT2D eigenvalue weighted by molar-refractivity contribution is 5.97. The number of nitrogens with zero attached hydrogens (tertiary/aromatic N) is 3. The SMILES string of the molecule is CCc1cc(OC(F)(F)F)ccc1-c1cn(CCCN)c2ccc(CN3CCN(Cc4ccc5c(c4)OCCO5)CC3)cc12. The van der Waals surface area contributed by atoms with Crippen LogP contribution in [0, 0.1) is 0 Å². The highest BCUT2D eigenvalue weighted by Crippen LogP contribution is 2.37. The Morgan fingerprint density at radius 2 is 1.50 bits per heavy atom. The molecule has 0 unspecified atom stereocenters. The van der Waals surface area contributed by atoms with Crippen LogP contribution in [-0.2, 0) is 26.1 Å². The van der Waals surface area contributed by atoms with Crippen molar-refractivity contribution in [1.29, 1.82) is 0 Å². The van der Waals surface area contributed by atoms with Crippen molar-refractivity contribution in [2.24, 2.45) is 5.73 Å². The quantitative estimate of drug-likeness (QED) is 0.231. The maximum Gasteiger partial charge on any atom is 0.573 e. The van der Waals surface area contributed by atoms with Gasteiger partial charge in [0.05, 0.1) is 0 Å². The van der Waals surface area contributed by atoms with Crippen molar-refractivity contribution in [3.63, 3.8) is 0 Å². The zero-order valence-electron chi connectivity index (χ0n) is 25.0. The summed E-state index contributed by atoms with van der Waals surface area (Å²) >= 11 is 0. The first-order valence-corrected chi connectivity index (χ1v) is 15.3. The molecule has 3 heterocycles. The zero-order valence-corrected chi connectivity index (χ0v) is 25.0. The largest absolute Gasteiger partial charge is 0.573 e. The number of hydrogen-bond acceptors (Lipinski definition) is 6. The van der Waals surface area contributed by atoms with E-state index in [1.807, 2.05) is 13.0 Å². The van der Waals surface area contributed by atoms with E-state index in [0.29, 0.717) is 26.2 Å². The number of halogens is 3. The van der Waals surface area contributed by atoms with Crippen molar-refractivity contribution in [2.75, 3.05) is 45.9 Å². The number of aromatic nitrogens is 1. The third-order valence-corrected chi connectivity index (χ3v) is 8.41. The Bertz CT molecular complexity index is 1590. The molecule has 0 radical (unpaired) electrons.